The molecule has 2 aromatic carbocycles. The minimum absolute atomic E-state index is 0.0974. The number of ether oxygens (including phenoxy) is 3. The van der Waals surface area contributed by atoms with E-state index in [2.05, 4.69) is 0 Å². The molecule has 0 unspecified atom stereocenters. The number of thioether (sulfide) groups is 1. The van der Waals surface area contributed by atoms with Gasteiger partial charge in [0.2, 0.25) is 5.75 Å². The Morgan fingerprint density at radius 3 is 2.21 bits per heavy atom. The molecular formula is C22H21ClO4S2. The first-order valence-electron chi connectivity index (χ1n) is 8.84. The fourth-order valence-electron chi connectivity index (χ4n) is 2.90. The molecule has 0 spiro atoms. The maximum Gasteiger partial charge on any atom is 0.203 e. The summed E-state index contributed by atoms with van der Waals surface area (Å²) in [6, 6.07) is 15.1. The number of methoxy groups -OCH3 is 3. The average molecular weight is 449 g/mol. The largest absolute Gasteiger partial charge is 0.493 e. The lowest BCUT2D eigenvalue weighted by atomic mass is 10.0. The fourth-order valence-corrected chi connectivity index (χ4v) is 4.83. The lowest BCUT2D eigenvalue weighted by Gasteiger charge is -2.20. The molecule has 0 saturated heterocycles. The van der Waals surface area contributed by atoms with Gasteiger partial charge in [-0.05, 0) is 53.4 Å². The molecule has 0 N–H and O–H groups in total. The van der Waals surface area contributed by atoms with Gasteiger partial charge in [0.15, 0.2) is 17.3 Å². The summed E-state index contributed by atoms with van der Waals surface area (Å²) >= 11 is 9.07. The predicted molar refractivity (Wildman–Crippen MR) is 119 cm³/mol. The van der Waals surface area contributed by atoms with Crippen LogP contribution in [0.1, 0.15) is 26.9 Å². The van der Waals surface area contributed by atoms with E-state index in [1.54, 1.807) is 33.1 Å². The minimum Gasteiger partial charge on any atom is -0.493 e. The molecule has 0 saturated carbocycles. The van der Waals surface area contributed by atoms with E-state index in [0.29, 0.717) is 28.7 Å². The zero-order valence-electron chi connectivity index (χ0n) is 16.3. The third-order valence-corrected chi connectivity index (χ3v) is 6.75. The molecule has 0 fully saturated rings. The van der Waals surface area contributed by atoms with Gasteiger partial charge in [0, 0.05) is 21.6 Å². The van der Waals surface area contributed by atoms with Crippen LogP contribution in [0.5, 0.6) is 17.2 Å². The van der Waals surface area contributed by atoms with Crippen LogP contribution in [0, 0.1) is 0 Å². The molecule has 0 radical (unpaired) electrons. The third kappa shape index (κ3) is 5.26. The van der Waals surface area contributed by atoms with Crippen molar-refractivity contribution in [3.8, 4) is 17.2 Å². The van der Waals surface area contributed by atoms with Crippen LogP contribution in [-0.2, 0) is 0 Å². The van der Waals surface area contributed by atoms with Crippen LogP contribution in [0.25, 0.3) is 0 Å². The van der Waals surface area contributed by atoms with Gasteiger partial charge in [-0.1, -0.05) is 17.7 Å². The smallest absolute Gasteiger partial charge is 0.203 e. The summed E-state index contributed by atoms with van der Waals surface area (Å²) in [6.45, 7) is 0. The highest BCUT2D eigenvalue weighted by Gasteiger charge is 2.23. The van der Waals surface area contributed by atoms with Gasteiger partial charge in [0.25, 0.3) is 0 Å². The van der Waals surface area contributed by atoms with Crippen molar-refractivity contribution in [2.45, 2.75) is 16.6 Å². The quantitative estimate of drug-likeness (QED) is 0.275. The van der Waals surface area contributed by atoms with E-state index in [1.807, 2.05) is 53.9 Å². The Kier molecular flexibility index (Phi) is 7.47. The Bertz CT molecular complexity index is 930. The second-order valence-corrected chi connectivity index (χ2v) is 8.78. The molecule has 0 bridgehead atoms. The van der Waals surface area contributed by atoms with E-state index in [4.69, 9.17) is 25.8 Å². The van der Waals surface area contributed by atoms with Crippen LogP contribution in [0.15, 0.2) is 58.8 Å². The molecule has 7 heteroatoms. The van der Waals surface area contributed by atoms with Gasteiger partial charge >= 0.3 is 0 Å². The molecule has 0 aliphatic heterocycles. The molecule has 0 amide bonds. The maximum absolute atomic E-state index is 12.9. The summed E-state index contributed by atoms with van der Waals surface area (Å²) in [6.07, 6.45) is 0.340. The zero-order valence-corrected chi connectivity index (χ0v) is 18.7. The first-order valence-corrected chi connectivity index (χ1v) is 11.0. The van der Waals surface area contributed by atoms with Gasteiger partial charge in [0.05, 0.1) is 26.2 Å². The molecule has 1 aromatic heterocycles. The van der Waals surface area contributed by atoms with E-state index in [9.17, 15) is 4.79 Å². The topological polar surface area (TPSA) is 44.8 Å². The summed E-state index contributed by atoms with van der Waals surface area (Å²) in [5.74, 6) is 1.75. The second kappa shape index (κ2) is 10.1. The van der Waals surface area contributed by atoms with Crippen LogP contribution in [0.2, 0.25) is 5.02 Å². The van der Waals surface area contributed by atoms with Crippen molar-refractivity contribution in [1.82, 2.24) is 0 Å². The molecular weight excluding hydrogens is 428 g/mol. The van der Waals surface area contributed by atoms with Crippen LogP contribution in [-0.4, -0.2) is 27.1 Å². The molecule has 0 aliphatic rings. The standard InChI is InChI=1S/C22H21ClO4S2/c1-25-18-11-14(12-19(26-2)22(18)27-3)21(13-17(24)20-5-4-10-28-20)29-16-8-6-15(23)7-9-16/h4-12,21H,13H2,1-3H3/t21-/m0/s1. The molecule has 3 rings (SSSR count). The number of ketones is 1. The summed E-state index contributed by atoms with van der Waals surface area (Å²) in [5.41, 5.74) is 0.921. The number of Topliss-reactive ketones (excluding diaryl/α,β-unsaturated/α-hetero) is 1. The van der Waals surface area contributed by atoms with E-state index in [0.717, 1.165) is 15.3 Å². The van der Waals surface area contributed by atoms with Crippen molar-refractivity contribution in [3.63, 3.8) is 0 Å². The molecule has 29 heavy (non-hydrogen) atoms. The average Bonchev–Trinajstić information content (AvgIpc) is 3.28. The molecule has 1 atom stereocenters. The van der Waals surface area contributed by atoms with Crippen LogP contribution in [0.4, 0.5) is 0 Å². The lowest BCUT2D eigenvalue weighted by molar-refractivity contribution is 0.0986. The number of thiophene rings is 1. The van der Waals surface area contributed by atoms with Crippen molar-refractivity contribution in [1.29, 1.82) is 0 Å². The number of carbonyl (C=O) groups excluding carboxylic acids is 1. The fraction of sp³-hybridized carbons (Fsp3) is 0.227. The van der Waals surface area contributed by atoms with Crippen molar-refractivity contribution in [3.05, 3.63) is 69.4 Å². The van der Waals surface area contributed by atoms with Crippen LogP contribution < -0.4 is 14.2 Å². The van der Waals surface area contributed by atoms with Crippen molar-refractivity contribution in [2.75, 3.05) is 21.3 Å². The van der Waals surface area contributed by atoms with Gasteiger partial charge in [-0.25, -0.2) is 0 Å². The number of halogens is 1. The number of benzene rings is 2. The van der Waals surface area contributed by atoms with Gasteiger partial charge in [-0.3, -0.25) is 4.79 Å². The Morgan fingerprint density at radius 2 is 1.69 bits per heavy atom. The predicted octanol–water partition coefficient (Wildman–Crippen LogP) is 6.53. The van der Waals surface area contributed by atoms with Gasteiger partial charge in [-0.2, -0.15) is 0 Å². The summed E-state index contributed by atoms with van der Waals surface area (Å²) < 4.78 is 16.4. The first-order chi connectivity index (χ1) is 14.0. The highest BCUT2D eigenvalue weighted by atomic mass is 35.5. The Labute approximate surface area is 183 Å². The van der Waals surface area contributed by atoms with Crippen molar-refractivity contribution < 1.29 is 19.0 Å². The Morgan fingerprint density at radius 1 is 1.03 bits per heavy atom. The number of carbonyl (C=O) groups is 1. The van der Waals surface area contributed by atoms with Crippen molar-refractivity contribution in [2.24, 2.45) is 0 Å². The highest BCUT2D eigenvalue weighted by molar-refractivity contribution is 7.99. The van der Waals surface area contributed by atoms with E-state index < -0.39 is 0 Å². The summed E-state index contributed by atoms with van der Waals surface area (Å²) in [5, 5.41) is 2.45. The molecule has 1 heterocycles. The summed E-state index contributed by atoms with van der Waals surface area (Å²) in [7, 11) is 4.73. The molecule has 3 aromatic rings. The number of hydrogen-bond acceptors (Lipinski definition) is 6. The highest BCUT2D eigenvalue weighted by Crippen LogP contribution is 2.45. The zero-order chi connectivity index (χ0) is 20.8. The van der Waals surface area contributed by atoms with E-state index >= 15 is 0 Å². The van der Waals surface area contributed by atoms with Gasteiger partial charge < -0.3 is 14.2 Å². The van der Waals surface area contributed by atoms with Crippen LogP contribution in [0.3, 0.4) is 0 Å². The monoisotopic (exact) mass is 448 g/mol. The Hall–Kier alpha value is -2.15. The SMILES string of the molecule is COc1cc([C@H](CC(=O)c2cccs2)Sc2ccc(Cl)cc2)cc(OC)c1OC. The first kappa shape index (κ1) is 21.6. The van der Waals surface area contributed by atoms with Crippen LogP contribution >= 0.6 is 34.7 Å². The van der Waals surface area contributed by atoms with Gasteiger partial charge in [-0.15, -0.1) is 23.1 Å². The number of hydrogen-bond donors (Lipinski definition) is 0. The normalized spacial score (nSPS) is 11.7. The second-order valence-electron chi connectivity index (χ2n) is 6.12. The Balaban J connectivity index is 1.99. The third-order valence-electron chi connectivity index (χ3n) is 4.32. The minimum atomic E-state index is -0.139. The number of rotatable bonds is 9. The maximum atomic E-state index is 12.9. The lowest BCUT2D eigenvalue weighted by Crippen LogP contribution is -2.05. The van der Waals surface area contributed by atoms with E-state index in [-0.39, 0.29) is 11.0 Å². The molecule has 152 valence electrons. The van der Waals surface area contributed by atoms with E-state index in [1.165, 1.54) is 11.3 Å². The van der Waals surface area contributed by atoms with Gasteiger partial charge in [0.1, 0.15) is 0 Å². The molecule has 0 aliphatic carbocycles. The van der Waals surface area contributed by atoms with Crippen molar-refractivity contribution >= 4 is 40.5 Å². The molecule has 4 nitrogen and oxygen atoms in total. The summed E-state index contributed by atoms with van der Waals surface area (Å²) in [4.78, 5) is 14.6.